The van der Waals surface area contributed by atoms with Crippen molar-refractivity contribution in [1.29, 1.82) is 0 Å². The summed E-state index contributed by atoms with van der Waals surface area (Å²) >= 11 is 0. The lowest BCUT2D eigenvalue weighted by atomic mass is 10.0. The number of aryl methyl sites for hydroxylation is 1. The minimum absolute atomic E-state index is 0.201. The zero-order chi connectivity index (χ0) is 17.4. The Morgan fingerprint density at radius 2 is 1.74 bits per heavy atom. The van der Waals surface area contributed by atoms with Crippen molar-refractivity contribution in [1.82, 2.24) is 0 Å². The molecule has 0 saturated carbocycles. The first-order chi connectivity index (χ1) is 10.7. The van der Waals surface area contributed by atoms with E-state index in [-0.39, 0.29) is 5.71 Å². The van der Waals surface area contributed by atoms with Crippen LogP contribution in [0.5, 0.6) is 0 Å². The zero-order valence-corrected chi connectivity index (χ0v) is 12.6. The van der Waals surface area contributed by atoms with Gasteiger partial charge in [-0.2, -0.15) is 23.3 Å². The number of anilines is 1. The number of hydrogen-bond acceptors (Lipinski definition) is 4. The number of hydrazone groups is 1. The number of rotatable bonds is 2. The van der Waals surface area contributed by atoms with Crippen LogP contribution in [-0.4, -0.2) is 30.9 Å². The molecule has 1 aromatic carbocycles. The summed E-state index contributed by atoms with van der Waals surface area (Å²) in [4.78, 5) is 23.9. The lowest BCUT2D eigenvalue weighted by Crippen LogP contribution is -2.29. The fourth-order valence-electron chi connectivity index (χ4n) is 2.12. The van der Waals surface area contributed by atoms with Gasteiger partial charge in [-0.1, -0.05) is 17.7 Å². The van der Waals surface area contributed by atoms with E-state index in [1.807, 2.05) is 6.92 Å². The number of halogens is 3. The third kappa shape index (κ3) is 3.10. The van der Waals surface area contributed by atoms with E-state index in [0.29, 0.717) is 5.69 Å². The molecule has 0 aromatic heterocycles. The number of alkyl halides is 3. The molecule has 1 aliphatic rings. The molecule has 1 aliphatic heterocycles. The second kappa shape index (κ2) is 5.86. The van der Waals surface area contributed by atoms with Crippen LogP contribution in [0.3, 0.4) is 0 Å². The molecule has 0 spiro atoms. The minimum Gasteiger partial charge on any atom is -0.465 e. The van der Waals surface area contributed by atoms with E-state index in [4.69, 9.17) is 0 Å². The van der Waals surface area contributed by atoms with Crippen LogP contribution in [0, 0.1) is 6.92 Å². The lowest BCUT2D eigenvalue weighted by Gasteiger charge is -2.14. The van der Waals surface area contributed by atoms with Gasteiger partial charge < -0.3 is 4.74 Å². The SMILES string of the molecule is COC(=O)/C(=C1/C(=O)N(c2ccc(C)cc2)N=C1C)C(F)(F)F. The molecule has 1 amide bonds. The Morgan fingerprint density at radius 3 is 2.22 bits per heavy atom. The highest BCUT2D eigenvalue weighted by Gasteiger charge is 2.47. The summed E-state index contributed by atoms with van der Waals surface area (Å²) in [7, 11) is 0.818. The van der Waals surface area contributed by atoms with Crippen molar-refractivity contribution in [2.45, 2.75) is 20.0 Å². The van der Waals surface area contributed by atoms with Crippen molar-refractivity contribution in [3.05, 3.63) is 41.0 Å². The molecule has 0 atom stereocenters. The van der Waals surface area contributed by atoms with Gasteiger partial charge in [0.2, 0.25) is 0 Å². The van der Waals surface area contributed by atoms with Crippen LogP contribution in [0.1, 0.15) is 12.5 Å². The smallest absolute Gasteiger partial charge is 0.424 e. The summed E-state index contributed by atoms with van der Waals surface area (Å²) in [5.41, 5.74) is -1.43. The molecule has 0 saturated heterocycles. The van der Waals surface area contributed by atoms with E-state index >= 15 is 0 Å². The number of benzene rings is 1. The highest BCUT2D eigenvalue weighted by molar-refractivity contribution is 6.32. The van der Waals surface area contributed by atoms with Crippen LogP contribution < -0.4 is 5.01 Å². The van der Waals surface area contributed by atoms with Gasteiger partial charge >= 0.3 is 12.1 Å². The molecular weight excluding hydrogens is 313 g/mol. The van der Waals surface area contributed by atoms with Gasteiger partial charge in [0.25, 0.3) is 5.91 Å². The van der Waals surface area contributed by atoms with Crippen molar-refractivity contribution in [2.24, 2.45) is 5.10 Å². The topological polar surface area (TPSA) is 59.0 Å². The predicted molar refractivity (Wildman–Crippen MR) is 76.9 cm³/mol. The molecule has 0 aliphatic carbocycles. The summed E-state index contributed by atoms with van der Waals surface area (Å²) < 4.78 is 43.6. The van der Waals surface area contributed by atoms with Crippen LogP contribution in [-0.2, 0) is 14.3 Å². The van der Waals surface area contributed by atoms with Gasteiger partial charge in [0.1, 0.15) is 0 Å². The molecular formula is C15H13F3N2O3. The predicted octanol–water partition coefficient (Wildman–Crippen LogP) is 2.75. The quantitative estimate of drug-likeness (QED) is 0.620. The Bertz CT molecular complexity index is 718. The first-order valence-electron chi connectivity index (χ1n) is 6.53. The number of esters is 1. The highest BCUT2D eigenvalue weighted by Crippen LogP contribution is 2.34. The maximum Gasteiger partial charge on any atom is 0.424 e. The van der Waals surface area contributed by atoms with Crippen molar-refractivity contribution in [2.75, 3.05) is 12.1 Å². The first kappa shape index (κ1) is 16.7. The van der Waals surface area contributed by atoms with E-state index in [9.17, 15) is 22.8 Å². The summed E-state index contributed by atoms with van der Waals surface area (Å²) in [5, 5.41) is 4.67. The summed E-state index contributed by atoms with van der Waals surface area (Å²) in [6, 6.07) is 6.50. The molecule has 8 heteroatoms. The Labute approximate surface area is 130 Å². The second-order valence-electron chi connectivity index (χ2n) is 4.88. The van der Waals surface area contributed by atoms with Gasteiger partial charge in [0.05, 0.1) is 24.1 Å². The van der Waals surface area contributed by atoms with Crippen LogP contribution in [0.15, 0.2) is 40.5 Å². The number of carbonyl (C=O) groups excluding carboxylic acids is 2. The molecule has 0 N–H and O–H groups in total. The maximum atomic E-state index is 13.2. The zero-order valence-electron chi connectivity index (χ0n) is 12.6. The van der Waals surface area contributed by atoms with Crippen LogP contribution in [0.4, 0.5) is 18.9 Å². The fraction of sp³-hybridized carbons (Fsp3) is 0.267. The van der Waals surface area contributed by atoms with E-state index in [0.717, 1.165) is 17.7 Å². The number of amides is 1. The summed E-state index contributed by atoms with van der Waals surface area (Å²) in [6.45, 7) is 3.06. The van der Waals surface area contributed by atoms with Crippen molar-refractivity contribution in [3.63, 3.8) is 0 Å². The molecule has 122 valence electrons. The molecule has 5 nitrogen and oxygen atoms in total. The molecule has 0 bridgehead atoms. The van der Waals surface area contributed by atoms with E-state index in [2.05, 4.69) is 9.84 Å². The standard InChI is InChI=1S/C15H13F3N2O3/c1-8-4-6-10(7-5-8)20-13(21)11(9(2)19-20)12(14(22)23-3)15(16,17)18/h4-7H,1-3H3/b12-11-. The van der Waals surface area contributed by atoms with Gasteiger partial charge in [0.15, 0.2) is 5.57 Å². The number of carbonyl (C=O) groups is 2. The summed E-state index contributed by atoms with van der Waals surface area (Å²) in [6.07, 6.45) is -5.03. The van der Waals surface area contributed by atoms with Crippen LogP contribution in [0.2, 0.25) is 0 Å². The first-order valence-corrected chi connectivity index (χ1v) is 6.53. The average molecular weight is 326 g/mol. The Balaban J connectivity index is 2.56. The Kier molecular flexibility index (Phi) is 4.26. The van der Waals surface area contributed by atoms with Gasteiger partial charge in [-0.3, -0.25) is 4.79 Å². The van der Waals surface area contributed by atoms with Crippen LogP contribution in [0.25, 0.3) is 0 Å². The van der Waals surface area contributed by atoms with Crippen LogP contribution >= 0.6 is 0 Å². The molecule has 1 heterocycles. The van der Waals surface area contributed by atoms with Gasteiger partial charge in [-0.25, -0.2) is 4.79 Å². The largest absolute Gasteiger partial charge is 0.465 e. The van der Waals surface area contributed by atoms with Crippen molar-refractivity contribution >= 4 is 23.3 Å². The van der Waals surface area contributed by atoms with Gasteiger partial charge in [-0.05, 0) is 26.0 Å². The number of hydrogen-bond donors (Lipinski definition) is 0. The second-order valence-corrected chi connectivity index (χ2v) is 4.88. The third-order valence-electron chi connectivity index (χ3n) is 3.22. The maximum absolute atomic E-state index is 13.2. The number of ether oxygens (including phenoxy) is 1. The molecule has 0 radical (unpaired) electrons. The van der Waals surface area contributed by atoms with E-state index in [1.54, 1.807) is 24.3 Å². The van der Waals surface area contributed by atoms with E-state index < -0.39 is 29.2 Å². The molecule has 1 aromatic rings. The fourth-order valence-corrected chi connectivity index (χ4v) is 2.12. The van der Waals surface area contributed by atoms with Gasteiger partial charge in [0, 0.05) is 0 Å². The van der Waals surface area contributed by atoms with Crippen molar-refractivity contribution in [3.8, 4) is 0 Å². The van der Waals surface area contributed by atoms with Crippen molar-refractivity contribution < 1.29 is 27.5 Å². The summed E-state index contributed by atoms with van der Waals surface area (Å²) in [5.74, 6) is -2.65. The lowest BCUT2D eigenvalue weighted by molar-refractivity contribution is -0.148. The number of nitrogens with zero attached hydrogens (tertiary/aromatic N) is 2. The number of methoxy groups -OCH3 is 1. The molecule has 2 rings (SSSR count). The van der Waals surface area contributed by atoms with Gasteiger partial charge in [-0.15, -0.1) is 0 Å². The molecule has 0 fully saturated rings. The minimum atomic E-state index is -5.03. The highest BCUT2D eigenvalue weighted by atomic mass is 19.4. The third-order valence-corrected chi connectivity index (χ3v) is 3.22. The average Bonchev–Trinajstić information content (AvgIpc) is 2.75. The van der Waals surface area contributed by atoms with E-state index in [1.165, 1.54) is 6.92 Å². The monoisotopic (exact) mass is 326 g/mol. The normalized spacial score (nSPS) is 17.2. The molecule has 23 heavy (non-hydrogen) atoms. The molecule has 0 unspecified atom stereocenters. The Morgan fingerprint density at radius 1 is 1.17 bits per heavy atom. The Hall–Kier alpha value is -2.64.